The van der Waals surface area contributed by atoms with Crippen molar-refractivity contribution in [1.29, 1.82) is 0 Å². The standard InChI is InChI=1S/C18H24O8/c19-15(20)9-3-1-2-7-6-8-4-5-10(16(21)22)13(17(23)24)12(8)14(11(7)9)18(25)26/h7-14H,1-6H2,(H,19,20)(H,21,22)(H,23,24)(H,25,26). The van der Waals surface area contributed by atoms with Crippen LogP contribution in [0.25, 0.3) is 0 Å². The van der Waals surface area contributed by atoms with Crippen LogP contribution in [0.15, 0.2) is 0 Å². The summed E-state index contributed by atoms with van der Waals surface area (Å²) in [6.07, 6.45) is 3.16. The van der Waals surface area contributed by atoms with Gasteiger partial charge in [-0.1, -0.05) is 12.8 Å². The Kier molecular flexibility index (Phi) is 4.94. The van der Waals surface area contributed by atoms with Crippen molar-refractivity contribution in [1.82, 2.24) is 0 Å². The third kappa shape index (κ3) is 2.95. The average Bonchev–Trinajstić information content (AvgIpc) is 2.57. The molecule has 0 saturated heterocycles. The zero-order valence-corrected chi connectivity index (χ0v) is 14.3. The van der Waals surface area contributed by atoms with E-state index in [9.17, 15) is 39.6 Å². The van der Waals surface area contributed by atoms with E-state index in [1.165, 1.54) is 0 Å². The van der Waals surface area contributed by atoms with E-state index in [1.807, 2.05) is 0 Å². The van der Waals surface area contributed by atoms with E-state index in [2.05, 4.69) is 0 Å². The molecule has 0 aliphatic heterocycles. The van der Waals surface area contributed by atoms with Gasteiger partial charge in [-0.05, 0) is 49.4 Å². The third-order valence-electron chi connectivity index (χ3n) is 6.98. The summed E-state index contributed by atoms with van der Waals surface area (Å²) < 4.78 is 0. The Morgan fingerprint density at radius 3 is 1.69 bits per heavy atom. The van der Waals surface area contributed by atoms with E-state index in [4.69, 9.17) is 0 Å². The summed E-state index contributed by atoms with van der Waals surface area (Å²) in [7, 11) is 0. The first-order chi connectivity index (χ1) is 12.2. The van der Waals surface area contributed by atoms with Gasteiger partial charge in [-0.3, -0.25) is 19.2 Å². The lowest BCUT2D eigenvalue weighted by Gasteiger charge is -2.54. The predicted molar refractivity (Wildman–Crippen MR) is 86.2 cm³/mol. The van der Waals surface area contributed by atoms with Gasteiger partial charge in [-0.2, -0.15) is 0 Å². The van der Waals surface area contributed by atoms with Crippen LogP contribution in [0.2, 0.25) is 0 Å². The molecule has 8 unspecified atom stereocenters. The highest BCUT2D eigenvalue weighted by Gasteiger charge is 2.59. The van der Waals surface area contributed by atoms with Gasteiger partial charge >= 0.3 is 23.9 Å². The van der Waals surface area contributed by atoms with Gasteiger partial charge in [-0.15, -0.1) is 0 Å². The predicted octanol–water partition coefficient (Wildman–Crippen LogP) is 1.64. The van der Waals surface area contributed by atoms with E-state index >= 15 is 0 Å². The number of hydrogen-bond donors (Lipinski definition) is 4. The second-order valence-electron chi connectivity index (χ2n) is 8.04. The van der Waals surface area contributed by atoms with E-state index in [-0.39, 0.29) is 18.3 Å². The lowest BCUT2D eigenvalue weighted by atomic mass is 9.49. The molecule has 8 atom stereocenters. The van der Waals surface area contributed by atoms with Crippen molar-refractivity contribution in [2.45, 2.75) is 38.5 Å². The molecule has 144 valence electrons. The minimum absolute atomic E-state index is 0.0528. The Hall–Kier alpha value is -2.12. The van der Waals surface area contributed by atoms with Crippen molar-refractivity contribution in [2.75, 3.05) is 0 Å². The molecule has 3 rings (SSSR count). The Morgan fingerprint density at radius 1 is 0.577 bits per heavy atom. The molecule has 0 amide bonds. The fourth-order valence-corrected chi connectivity index (χ4v) is 6.13. The van der Waals surface area contributed by atoms with Crippen molar-refractivity contribution in [2.24, 2.45) is 47.3 Å². The lowest BCUT2D eigenvalue weighted by molar-refractivity contribution is -0.179. The van der Waals surface area contributed by atoms with Crippen LogP contribution in [-0.4, -0.2) is 44.3 Å². The Morgan fingerprint density at radius 2 is 1.15 bits per heavy atom. The highest BCUT2D eigenvalue weighted by Crippen LogP contribution is 2.57. The third-order valence-corrected chi connectivity index (χ3v) is 6.98. The normalized spacial score (nSPS) is 42.2. The molecule has 0 heterocycles. The van der Waals surface area contributed by atoms with Gasteiger partial charge in [-0.25, -0.2) is 0 Å². The molecule has 8 heteroatoms. The monoisotopic (exact) mass is 368 g/mol. The first-order valence-electron chi connectivity index (χ1n) is 9.15. The molecule has 4 N–H and O–H groups in total. The Balaban J connectivity index is 2.05. The second-order valence-corrected chi connectivity index (χ2v) is 8.04. The maximum atomic E-state index is 12.1. The van der Waals surface area contributed by atoms with Crippen molar-refractivity contribution in [3.63, 3.8) is 0 Å². The van der Waals surface area contributed by atoms with Gasteiger partial charge in [0.2, 0.25) is 0 Å². The minimum Gasteiger partial charge on any atom is -0.481 e. The first kappa shape index (κ1) is 18.7. The van der Waals surface area contributed by atoms with E-state index < -0.39 is 59.4 Å². The van der Waals surface area contributed by atoms with Gasteiger partial charge in [0.15, 0.2) is 0 Å². The Labute approximate surface area is 150 Å². The van der Waals surface area contributed by atoms with Gasteiger partial charge in [0, 0.05) is 0 Å². The smallest absolute Gasteiger partial charge is 0.307 e. The maximum Gasteiger partial charge on any atom is 0.307 e. The van der Waals surface area contributed by atoms with Gasteiger partial charge in [0.25, 0.3) is 0 Å². The van der Waals surface area contributed by atoms with Crippen molar-refractivity contribution < 1.29 is 39.6 Å². The molecule has 0 spiro atoms. The maximum absolute atomic E-state index is 12.1. The molecular formula is C18H24O8. The van der Waals surface area contributed by atoms with Crippen LogP contribution >= 0.6 is 0 Å². The van der Waals surface area contributed by atoms with Gasteiger partial charge < -0.3 is 20.4 Å². The summed E-state index contributed by atoms with van der Waals surface area (Å²) in [6.45, 7) is 0. The number of fused-ring (bicyclic) bond motifs is 2. The van der Waals surface area contributed by atoms with Crippen LogP contribution in [-0.2, 0) is 19.2 Å². The molecule has 8 nitrogen and oxygen atoms in total. The van der Waals surface area contributed by atoms with E-state index in [0.717, 1.165) is 12.8 Å². The van der Waals surface area contributed by atoms with Crippen LogP contribution in [0, 0.1) is 47.3 Å². The molecular weight excluding hydrogens is 344 g/mol. The van der Waals surface area contributed by atoms with Crippen LogP contribution in [0.4, 0.5) is 0 Å². The molecule has 3 fully saturated rings. The average molecular weight is 368 g/mol. The number of rotatable bonds is 4. The molecule has 0 bridgehead atoms. The molecule has 26 heavy (non-hydrogen) atoms. The van der Waals surface area contributed by atoms with Crippen LogP contribution < -0.4 is 0 Å². The summed E-state index contributed by atoms with van der Waals surface area (Å²) >= 11 is 0. The zero-order chi connectivity index (χ0) is 19.2. The highest BCUT2D eigenvalue weighted by atomic mass is 16.4. The molecule has 0 aromatic rings. The molecule has 0 aromatic carbocycles. The summed E-state index contributed by atoms with van der Waals surface area (Å²) in [5.74, 6) is -10.8. The van der Waals surface area contributed by atoms with Crippen LogP contribution in [0.1, 0.15) is 38.5 Å². The van der Waals surface area contributed by atoms with E-state index in [1.54, 1.807) is 0 Å². The molecule has 0 aromatic heterocycles. The van der Waals surface area contributed by atoms with Gasteiger partial charge in [0.05, 0.1) is 23.7 Å². The van der Waals surface area contributed by atoms with Crippen molar-refractivity contribution in [3.8, 4) is 0 Å². The number of hydrogen-bond acceptors (Lipinski definition) is 4. The topological polar surface area (TPSA) is 149 Å². The number of carbonyl (C=O) groups is 4. The van der Waals surface area contributed by atoms with Crippen LogP contribution in [0.3, 0.4) is 0 Å². The van der Waals surface area contributed by atoms with Crippen molar-refractivity contribution >= 4 is 23.9 Å². The molecule has 3 saturated carbocycles. The minimum atomic E-state index is -1.29. The Bertz CT molecular complexity index is 629. The number of carboxylic acids is 4. The molecule has 3 aliphatic carbocycles. The first-order valence-corrected chi connectivity index (χ1v) is 9.15. The van der Waals surface area contributed by atoms with E-state index in [0.29, 0.717) is 19.3 Å². The second kappa shape index (κ2) is 6.89. The summed E-state index contributed by atoms with van der Waals surface area (Å²) in [4.78, 5) is 47.3. The summed E-state index contributed by atoms with van der Waals surface area (Å²) in [5.41, 5.74) is 0. The quantitative estimate of drug-likeness (QED) is 0.585. The zero-order valence-electron chi connectivity index (χ0n) is 14.3. The summed E-state index contributed by atoms with van der Waals surface area (Å²) in [6, 6.07) is 0. The number of aliphatic carboxylic acids is 4. The number of carboxylic acid groups (broad SMARTS) is 4. The highest BCUT2D eigenvalue weighted by molar-refractivity contribution is 5.82. The summed E-state index contributed by atoms with van der Waals surface area (Å²) in [5, 5.41) is 38.6. The largest absolute Gasteiger partial charge is 0.481 e. The van der Waals surface area contributed by atoms with Gasteiger partial charge in [0.1, 0.15) is 0 Å². The SMILES string of the molecule is O=C(O)C1CCC2CC3CCCC(C(=O)O)C3C(C(=O)O)C2C1C(=O)O. The molecule has 0 radical (unpaired) electrons. The fourth-order valence-electron chi connectivity index (χ4n) is 6.13. The van der Waals surface area contributed by atoms with Crippen molar-refractivity contribution in [3.05, 3.63) is 0 Å². The fraction of sp³-hybridized carbons (Fsp3) is 0.778. The lowest BCUT2D eigenvalue weighted by Crippen LogP contribution is -2.56. The molecule has 3 aliphatic rings. The van der Waals surface area contributed by atoms with Crippen LogP contribution in [0.5, 0.6) is 0 Å².